The van der Waals surface area contributed by atoms with Gasteiger partial charge in [0.15, 0.2) is 11.6 Å². The van der Waals surface area contributed by atoms with E-state index >= 15 is 0 Å². The Bertz CT molecular complexity index is 946. The van der Waals surface area contributed by atoms with E-state index in [2.05, 4.69) is 39.1 Å². The molecular weight excluding hydrogens is 401 g/mol. The van der Waals surface area contributed by atoms with Crippen molar-refractivity contribution < 1.29 is 13.9 Å². The first-order valence-electron chi connectivity index (χ1n) is 10.7. The Balaban J connectivity index is 1.51. The fraction of sp³-hybridized carbons (Fsp3) is 0.619. The van der Waals surface area contributed by atoms with E-state index in [9.17, 15) is 9.18 Å². The molecule has 9 nitrogen and oxygen atoms in total. The largest absolute Gasteiger partial charge is 0.464 e. The second-order valence-electron chi connectivity index (χ2n) is 8.73. The van der Waals surface area contributed by atoms with Crippen molar-refractivity contribution in [1.29, 1.82) is 0 Å². The zero-order chi connectivity index (χ0) is 22.3. The number of carbonyl (C=O) groups excluding carboxylic acids is 1. The number of aliphatic imine (C=N–C) groups is 1. The molecule has 168 valence electrons. The Morgan fingerprint density at radius 2 is 2.16 bits per heavy atom. The predicted octanol–water partition coefficient (Wildman–Crippen LogP) is 1.99. The summed E-state index contributed by atoms with van der Waals surface area (Å²) in [5, 5.41) is 3.00. The van der Waals surface area contributed by atoms with Crippen LogP contribution < -0.4 is 10.1 Å². The Labute approximate surface area is 182 Å². The first-order chi connectivity index (χ1) is 14.7. The molecule has 1 aromatic heterocycles. The molecule has 0 bridgehead atoms. The summed E-state index contributed by atoms with van der Waals surface area (Å²) < 4.78 is 19.6. The Kier molecular flexibility index (Phi) is 5.59. The maximum Gasteiger partial charge on any atom is 0.321 e. The van der Waals surface area contributed by atoms with Gasteiger partial charge in [0, 0.05) is 31.2 Å². The molecule has 0 saturated carbocycles. The molecule has 1 atom stereocenters. The third kappa shape index (κ3) is 3.84. The number of halogens is 1. The van der Waals surface area contributed by atoms with Gasteiger partial charge in [-0.15, -0.1) is 0 Å². The van der Waals surface area contributed by atoms with Crippen LogP contribution in [0, 0.1) is 5.82 Å². The minimum absolute atomic E-state index is 0.0152. The van der Waals surface area contributed by atoms with Crippen LogP contribution in [-0.2, 0) is 0 Å². The lowest BCUT2D eigenvalue weighted by Crippen LogP contribution is -2.58. The third-order valence-electron chi connectivity index (χ3n) is 6.47. The lowest BCUT2D eigenvalue weighted by molar-refractivity contribution is 0.0845. The quantitative estimate of drug-likeness (QED) is 0.788. The van der Waals surface area contributed by atoms with Gasteiger partial charge in [-0.2, -0.15) is 4.98 Å². The van der Waals surface area contributed by atoms with Crippen molar-refractivity contribution in [3.63, 3.8) is 0 Å². The molecule has 4 rings (SSSR count). The summed E-state index contributed by atoms with van der Waals surface area (Å²) in [6, 6.07) is 0.458. The van der Waals surface area contributed by atoms with Gasteiger partial charge in [-0.05, 0) is 40.3 Å². The Hall–Kier alpha value is -2.75. The Morgan fingerprint density at radius 1 is 1.39 bits per heavy atom. The van der Waals surface area contributed by atoms with E-state index in [-0.39, 0.29) is 17.9 Å². The number of nitrogens with zero attached hydrogens (tertiary/aromatic N) is 6. The molecule has 10 heteroatoms. The molecular formula is C21H30FN7O2. The zero-order valence-electron chi connectivity index (χ0n) is 18.8. The van der Waals surface area contributed by atoms with Crippen molar-refractivity contribution >= 4 is 17.7 Å². The summed E-state index contributed by atoms with van der Waals surface area (Å²) in [5.74, 6) is -0.0246. The number of carbonyl (C=O) groups is 1. The standard InChI is InChI=1S/C21H30FN7O2/c1-6-31-19-24-10-16(22)18(26-19)25-17-14-12-29(21(3,4)15(14)9-23-17)20(30)28-8-7-27(5)13(2)11-28/h10,13H,6-9,11-12H2,1-5H3,(H,23,24,25,26). The van der Waals surface area contributed by atoms with Crippen LogP contribution in [0.5, 0.6) is 6.01 Å². The van der Waals surface area contributed by atoms with Crippen LogP contribution in [0.3, 0.4) is 0 Å². The van der Waals surface area contributed by atoms with Gasteiger partial charge < -0.3 is 24.8 Å². The number of amides is 2. The topological polar surface area (TPSA) is 86.2 Å². The van der Waals surface area contributed by atoms with Crippen molar-refractivity contribution in [2.45, 2.75) is 39.3 Å². The molecule has 0 spiro atoms. The Morgan fingerprint density at radius 3 is 2.87 bits per heavy atom. The average Bonchev–Trinajstić information content (AvgIpc) is 3.24. The summed E-state index contributed by atoms with van der Waals surface area (Å²) >= 11 is 0. The first kappa shape index (κ1) is 21.5. The SMILES string of the molecule is CCOc1ncc(F)c(NC2=NCC3=C2CN(C(=O)N2CCN(C)C(C)C2)C3(C)C)n1. The molecule has 31 heavy (non-hydrogen) atoms. The fourth-order valence-electron chi connectivity index (χ4n) is 4.31. The number of hydrogen-bond donors (Lipinski definition) is 1. The number of nitrogens with one attached hydrogen (secondary N) is 1. The molecule has 3 aliphatic heterocycles. The van der Waals surface area contributed by atoms with E-state index in [1.54, 1.807) is 0 Å². The van der Waals surface area contributed by atoms with E-state index in [1.807, 2.05) is 30.6 Å². The number of rotatable bonds is 3. The number of hydrogen-bond acceptors (Lipinski definition) is 7. The molecule has 0 aliphatic carbocycles. The van der Waals surface area contributed by atoms with Gasteiger partial charge in [0.2, 0.25) is 0 Å². The van der Waals surface area contributed by atoms with Crippen LogP contribution in [0.15, 0.2) is 22.3 Å². The van der Waals surface area contributed by atoms with Crippen LogP contribution >= 0.6 is 0 Å². The van der Waals surface area contributed by atoms with Crippen molar-refractivity contribution in [2.24, 2.45) is 4.99 Å². The molecule has 1 fully saturated rings. The predicted molar refractivity (Wildman–Crippen MR) is 116 cm³/mol. The number of amidine groups is 1. The van der Waals surface area contributed by atoms with E-state index in [0.717, 1.165) is 23.9 Å². The van der Waals surface area contributed by atoms with Crippen LogP contribution in [0.25, 0.3) is 0 Å². The number of urea groups is 1. The smallest absolute Gasteiger partial charge is 0.321 e. The number of aromatic nitrogens is 2. The van der Waals surface area contributed by atoms with Crippen LogP contribution in [0.4, 0.5) is 15.0 Å². The summed E-state index contributed by atoms with van der Waals surface area (Å²) in [6.07, 6.45) is 1.08. The number of ether oxygens (including phenoxy) is 1. The van der Waals surface area contributed by atoms with Crippen LogP contribution in [0.2, 0.25) is 0 Å². The average molecular weight is 432 g/mol. The molecule has 0 aromatic carbocycles. The molecule has 3 aliphatic rings. The van der Waals surface area contributed by atoms with Gasteiger partial charge in [0.25, 0.3) is 0 Å². The van der Waals surface area contributed by atoms with E-state index in [4.69, 9.17) is 4.74 Å². The summed E-state index contributed by atoms with van der Waals surface area (Å²) in [4.78, 5) is 32.0. The van der Waals surface area contributed by atoms with Crippen molar-refractivity contribution in [2.75, 3.05) is 51.7 Å². The summed E-state index contributed by atoms with van der Waals surface area (Å²) in [7, 11) is 2.08. The molecule has 1 unspecified atom stereocenters. The van der Waals surface area contributed by atoms with Gasteiger partial charge in [0.05, 0.1) is 31.4 Å². The maximum absolute atomic E-state index is 14.3. The maximum atomic E-state index is 14.3. The second-order valence-corrected chi connectivity index (χ2v) is 8.73. The molecule has 1 N–H and O–H groups in total. The molecule has 2 amide bonds. The molecule has 1 aromatic rings. The lowest BCUT2D eigenvalue weighted by Gasteiger charge is -2.43. The highest BCUT2D eigenvalue weighted by Gasteiger charge is 2.47. The lowest BCUT2D eigenvalue weighted by atomic mass is 9.94. The van der Waals surface area contributed by atoms with Crippen molar-refractivity contribution in [3.05, 3.63) is 23.2 Å². The van der Waals surface area contributed by atoms with Crippen molar-refractivity contribution in [3.8, 4) is 6.01 Å². The number of likely N-dealkylation sites (N-methyl/N-ethyl adjacent to an activating group) is 1. The highest BCUT2D eigenvalue weighted by atomic mass is 19.1. The second kappa shape index (κ2) is 8.07. The minimum Gasteiger partial charge on any atom is -0.464 e. The highest BCUT2D eigenvalue weighted by Crippen LogP contribution is 2.39. The van der Waals surface area contributed by atoms with Gasteiger partial charge in [0.1, 0.15) is 5.84 Å². The van der Waals surface area contributed by atoms with E-state index in [1.165, 1.54) is 0 Å². The monoisotopic (exact) mass is 431 g/mol. The van der Waals surface area contributed by atoms with Gasteiger partial charge in [-0.3, -0.25) is 4.99 Å². The summed E-state index contributed by atoms with van der Waals surface area (Å²) in [6.45, 7) is 11.6. The van der Waals surface area contributed by atoms with E-state index < -0.39 is 11.4 Å². The molecule has 4 heterocycles. The van der Waals surface area contributed by atoms with Crippen molar-refractivity contribution in [1.82, 2.24) is 24.7 Å². The third-order valence-corrected chi connectivity index (χ3v) is 6.47. The molecule has 1 saturated heterocycles. The van der Waals surface area contributed by atoms with Crippen LogP contribution in [0.1, 0.15) is 27.7 Å². The first-order valence-corrected chi connectivity index (χ1v) is 10.7. The van der Waals surface area contributed by atoms with E-state index in [0.29, 0.717) is 44.7 Å². The minimum atomic E-state index is -0.586. The normalized spacial score (nSPS) is 23.2. The zero-order valence-corrected chi connectivity index (χ0v) is 18.8. The molecule has 0 radical (unpaired) electrons. The fourth-order valence-corrected chi connectivity index (χ4v) is 4.31. The highest BCUT2D eigenvalue weighted by molar-refractivity contribution is 6.11. The van der Waals surface area contributed by atoms with Crippen LogP contribution in [-0.4, -0.2) is 94.5 Å². The van der Waals surface area contributed by atoms with Gasteiger partial charge in [-0.25, -0.2) is 14.2 Å². The number of anilines is 1. The summed E-state index contributed by atoms with van der Waals surface area (Å²) in [5.41, 5.74) is 1.54. The van der Waals surface area contributed by atoms with Gasteiger partial charge >= 0.3 is 12.0 Å². The van der Waals surface area contributed by atoms with Gasteiger partial charge in [-0.1, -0.05) is 0 Å². The number of piperazine rings is 1.